The molecule has 7 atom stereocenters. The minimum Gasteiger partial charge on any atom is -0.302 e. The quantitative estimate of drug-likeness (QED) is 0.0596. The largest absolute Gasteiger partial charge is 0.302 e. The molecule has 0 bridgehead atoms. The average Bonchev–Trinajstić information content (AvgIpc) is 4.21. The van der Waals surface area contributed by atoms with Crippen molar-refractivity contribution in [2.75, 3.05) is 19.8 Å². The van der Waals surface area contributed by atoms with E-state index in [1.165, 1.54) is 78.9 Å². The summed E-state index contributed by atoms with van der Waals surface area (Å²) in [5.41, 5.74) is 2.26. The monoisotopic (exact) mass is 1160 g/mol. The van der Waals surface area contributed by atoms with Crippen LogP contribution < -0.4 is 42.4 Å². The molecule has 2 saturated carbocycles. The van der Waals surface area contributed by atoms with Crippen molar-refractivity contribution in [3.63, 3.8) is 0 Å². The number of rotatable bonds is 14. The number of nitrogens with zero attached hydrogens (tertiary/aromatic N) is 1. The van der Waals surface area contributed by atoms with E-state index < -0.39 is 0 Å². The third-order valence-electron chi connectivity index (χ3n) is 15.0. The van der Waals surface area contributed by atoms with Crippen LogP contribution in [0.2, 0.25) is 6.82 Å². The van der Waals surface area contributed by atoms with Gasteiger partial charge in [-0.3, -0.25) is 0 Å². The Morgan fingerprint density at radius 1 is 0.425 bits per heavy atom. The Hall–Kier alpha value is -3.34. The van der Waals surface area contributed by atoms with Crippen molar-refractivity contribution in [2.24, 2.45) is 11.8 Å². The van der Waals surface area contributed by atoms with Crippen molar-refractivity contribution in [3.8, 4) is 0 Å². The molecule has 1 saturated heterocycles. The standard InChI is InChI=1S/C34H36P2.C30H31NP2.CH5BIP/c1-5-15-27(16-6-1)35(28-17-7-2-8-18-28)33-25-13-23-31(33)32-24-14-26-34(32)36(29-19-9-3-10-20-29)30-21-11-4-12-22-30;1-31-23-30(33(28-18-10-4-11-19-28)29-20-12-5-13-21-29)22-25(31)24-32(26-14-6-2-7-15-26)27-16-8-3-9-17-27;1-2(3)4/h1-12,15-22,31-34H,13-14,23-26H2;2-21,25,30H,22-24H2,1H3;4H2,1H3/t31-,32-,33-,34?;25-,30-;/m00./s1. The predicted octanol–water partition coefficient (Wildman–Crippen LogP) is 14.3. The lowest BCUT2D eigenvalue weighted by molar-refractivity contribution is 0.334. The fourth-order valence-corrected chi connectivity index (χ4v) is 24.1. The second-order valence-corrected chi connectivity index (χ2v) is 33.8. The van der Waals surface area contributed by atoms with Gasteiger partial charge in [0.2, 0.25) is 4.29 Å². The molecule has 3 fully saturated rings. The zero-order valence-corrected chi connectivity index (χ0v) is 49.6. The second-order valence-electron chi connectivity index (χ2n) is 19.9. The number of halogens is 1. The first-order valence-electron chi connectivity index (χ1n) is 26.6. The molecule has 11 rings (SSSR count). The summed E-state index contributed by atoms with van der Waals surface area (Å²) in [6.45, 7) is 3.29. The van der Waals surface area contributed by atoms with Gasteiger partial charge in [0.05, 0.1) is 0 Å². The van der Waals surface area contributed by atoms with Crippen molar-refractivity contribution in [3.05, 3.63) is 243 Å². The van der Waals surface area contributed by atoms with Gasteiger partial charge in [-0.2, -0.15) is 9.12 Å². The van der Waals surface area contributed by atoms with Gasteiger partial charge in [0.15, 0.2) is 0 Å². The molecular formula is C65H72BINP5. The third kappa shape index (κ3) is 14.6. The highest BCUT2D eigenvalue weighted by atomic mass is 127. The molecule has 0 amide bonds. The molecule has 0 aromatic heterocycles. The van der Waals surface area contributed by atoms with E-state index in [9.17, 15) is 0 Å². The van der Waals surface area contributed by atoms with Gasteiger partial charge in [0.25, 0.3) is 0 Å². The number of hydrogen-bond donors (Lipinski definition) is 0. The van der Waals surface area contributed by atoms with Gasteiger partial charge in [0, 0.05) is 18.2 Å². The van der Waals surface area contributed by atoms with Gasteiger partial charge >= 0.3 is 0 Å². The summed E-state index contributed by atoms with van der Waals surface area (Å²) >= 11 is 2.31. The molecule has 3 aliphatic rings. The molecule has 2 unspecified atom stereocenters. The van der Waals surface area contributed by atoms with Crippen molar-refractivity contribution in [2.45, 2.75) is 74.8 Å². The van der Waals surface area contributed by atoms with Crippen LogP contribution in [0.25, 0.3) is 0 Å². The van der Waals surface area contributed by atoms with E-state index in [0.29, 0.717) is 11.7 Å². The van der Waals surface area contributed by atoms with Gasteiger partial charge in [-0.1, -0.05) is 262 Å². The van der Waals surface area contributed by atoms with Crippen LogP contribution >= 0.6 is 63.2 Å². The maximum absolute atomic E-state index is 2.65. The fraction of sp³-hybridized carbons (Fsp3) is 0.262. The topological polar surface area (TPSA) is 3.24 Å². The zero-order valence-electron chi connectivity index (χ0n) is 42.7. The molecule has 73 heavy (non-hydrogen) atoms. The molecule has 8 aromatic rings. The van der Waals surface area contributed by atoms with Crippen LogP contribution in [0.1, 0.15) is 44.9 Å². The van der Waals surface area contributed by atoms with Crippen LogP contribution in [-0.2, 0) is 0 Å². The Balaban J connectivity index is 0.000000168. The summed E-state index contributed by atoms with van der Waals surface area (Å²) in [6, 6.07) is 91.3. The van der Waals surface area contributed by atoms with E-state index in [1.54, 1.807) is 21.2 Å². The van der Waals surface area contributed by atoms with Crippen LogP contribution in [-0.4, -0.2) is 52.0 Å². The SMILES string of the molecule is CB(P)I.CN1C[C@@H](P(c2ccccc2)c2ccccc2)C[C@H]1CP(c1ccccc1)c1ccccc1.c1ccc(P(c2ccccc2)C2CCC[C@H]2[C@@H]2CCC[C@@H]2P(c2ccccc2)c2ccccc2)cc1. The van der Waals surface area contributed by atoms with Gasteiger partial charge in [-0.05, 0) is 143 Å². The van der Waals surface area contributed by atoms with Crippen LogP contribution in [0.5, 0.6) is 0 Å². The molecule has 0 radical (unpaired) electrons. The predicted molar refractivity (Wildman–Crippen MR) is 344 cm³/mol. The maximum atomic E-state index is 2.65. The first-order chi connectivity index (χ1) is 35.9. The lowest BCUT2D eigenvalue weighted by Gasteiger charge is -2.38. The van der Waals surface area contributed by atoms with Gasteiger partial charge in [-0.25, -0.2) is 0 Å². The Morgan fingerprint density at radius 2 is 0.685 bits per heavy atom. The van der Waals surface area contributed by atoms with E-state index in [4.69, 9.17) is 0 Å². The van der Waals surface area contributed by atoms with E-state index in [0.717, 1.165) is 27.4 Å². The molecule has 8 aromatic carbocycles. The lowest BCUT2D eigenvalue weighted by atomic mass is 9.89. The van der Waals surface area contributed by atoms with E-state index in [1.807, 2.05) is 0 Å². The Bertz CT molecular complexity index is 2520. The van der Waals surface area contributed by atoms with Crippen LogP contribution in [0, 0.1) is 11.8 Å². The summed E-state index contributed by atoms with van der Waals surface area (Å²) in [6.07, 6.45) is 10.9. The van der Waals surface area contributed by atoms with Crippen LogP contribution in [0.4, 0.5) is 0 Å². The summed E-state index contributed by atoms with van der Waals surface area (Å²) in [7, 11) is 3.55. The lowest BCUT2D eigenvalue weighted by Crippen LogP contribution is -2.34. The van der Waals surface area contributed by atoms with Crippen LogP contribution in [0.15, 0.2) is 243 Å². The Kier molecular flexibility index (Phi) is 21.0. The van der Waals surface area contributed by atoms with Crippen molar-refractivity contribution in [1.29, 1.82) is 0 Å². The van der Waals surface area contributed by atoms with E-state index in [-0.39, 0.29) is 31.7 Å². The average molecular weight is 1160 g/mol. The summed E-state index contributed by atoms with van der Waals surface area (Å²) in [5.74, 6) is 1.67. The summed E-state index contributed by atoms with van der Waals surface area (Å²) < 4.78 is 0.720. The molecule has 0 N–H and O–H groups in total. The van der Waals surface area contributed by atoms with Crippen molar-refractivity contribution >= 4 is 110 Å². The fourth-order valence-electron chi connectivity index (χ4n) is 12.0. The minimum atomic E-state index is -0.373. The summed E-state index contributed by atoms with van der Waals surface area (Å²) in [4.78, 5) is 2.65. The zero-order chi connectivity index (χ0) is 50.2. The first-order valence-corrected chi connectivity index (χ1v) is 34.3. The second kappa shape index (κ2) is 28.2. The first kappa shape index (κ1) is 54.5. The van der Waals surface area contributed by atoms with Gasteiger partial charge < -0.3 is 4.90 Å². The highest BCUT2D eigenvalue weighted by Crippen LogP contribution is 2.59. The minimum absolute atomic E-state index is 0.347. The van der Waals surface area contributed by atoms with Crippen molar-refractivity contribution < 1.29 is 0 Å². The molecular weight excluding hydrogens is 1090 g/mol. The Morgan fingerprint density at radius 3 is 0.973 bits per heavy atom. The molecule has 1 aliphatic heterocycles. The Labute approximate surface area is 460 Å². The molecule has 372 valence electrons. The molecule has 2 aliphatic carbocycles. The van der Waals surface area contributed by atoms with Gasteiger partial charge in [0.1, 0.15) is 0 Å². The maximum Gasteiger partial charge on any atom is 0.236 e. The number of benzene rings is 8. The van der Waals surface area contributed by atoms with Crippen molar-refractivity contribution in [1.82, 2.24) is 4.90 Å². The highest BCUT2D eigenvalue weighted by Gasteiger charge is 2.46. The van der Waals surface area contributed by atoms with Crippen LogP contribution in [0.3, 0.4) is 0 Å². The molecule has 1 nitrogen and oxygen atoms in total. The molecule has 1 heterocycles. The molecule has 0 spiro atoms. The normalized spacial score (nSPS) is 20.7. The number of likely N-dealkylation sites (tertiary alicyclic amines) is 1. The van der Waals surface area contributed by atoms with Gasteiger partial charge in [-0.15, -0.1) is 22.4 Å². The third-order valence-corrected chi connectivity index (χ3v) is 26.5. The number of hydrogen-bond acceptors (Lipinski definition) is 1. The smallest absolute Gasteiger partial charge is 0.236 e. The van der Waals surface area contributed by atoms with E-state index >= 15 is 0 Å². The van der Waals surface area contributed by atoms with E-state index in [2.05, 4.69) is 293 Å². The summed E-state index contributed by atoms with van der Waals surface area (Å²) in [5, 5.41) is 12.3. The highest BCUT2D eigenvalue weighted by molar-refractivity contribution is 14.1. The molecule has 8 heteroatoms.